The summed E-state index contributed by atoms with van der Waals surface area (Å²) in [6.07, 6.45) is 3.14. The highest BCUT2D eigenvalue weighted by atomic mass is 15.4. The summed E-state index contributed by atoms with van der Waals surface area (Å²) >= 11 is 0. The molecule has 0 bridgehead atoms. The molecule has 1 aromatic heterocycles. The van der Waals surface area contributed by atoms with Crippen molar-refractivity contribution >= 4 is 5.95 Å². The number of piperidine rings is 1. The number of hydrogen-bond acceptors (Lipinski definition) is 5. The maximum absolute atomic E-state index is 5.83. The number of nitrogens with one attached hydrogen (secondary N) is 1. The van der Waals surface area contributed by atoms with Crippen LogP contribution in [-0.2, 0) is 6.42 Å². The van der Waals surface area contributed by atoms with Crippen LogP contribution in [0.25, 0.3) is 0 Å². The number of anilines is 1. The van der Waals surface area contributed by atoms with E-state index in [4.69, 9.17) is 5.73 Å². The summed E-state index contributed by atoms with van der Waals surface area (Å²) in [6.45, 7) is 6.02. The summed E-state index contributed by atoms with van der Waals surface area (Å²) in [4.78, 5) is 8.99. The molecule has 1 aliphatic heterocycles. The Labute approximate surface area is 115 Å². The molecule has 6 heteroatoms. The number of aromatic nitrogens is 3. The minimum absolute atomic E-state index is 0.292. The van der Waals surface area contributed by atoms with E-state index < -0.39 is 0 Å². The maximum atomic E-state index is 5.83. The minimum Gasteiger partial charge on any atom is -0.340 e. The quantitative estimate of drug-likeness (QED) is 0.810. The van der Waals surface area contributed by atoms with Crippen LogP contribution in [0.1, 0.15) is 25.6 Å². The Morgan fingerprint density at radius 2 is 2.05 bits per heavy atom. The molecule has 1 aliphatic rings. The third kappa shape index (κ3) is 3.67. The van der Waals surface area contributed by atoms with Crippen molar-refractivity contribution in [3.05, 3.63) is 5.82 Å². The van der Waals surface area contributed by atoms with Crippen LogP contribution >= 0.6 is 0 Å². The van der Waals surface area contributed by atoms with Gasteiger partial charge in [-0.25, -0.2) is 0 Å². The fraction of sp³-hybridized carbons (Fsp3) is 0.846. The van der Waals surface area contributed by atoms with E-state index in [0.717, 1.165) is 57.2 Å². The lowest BCUT2D eigenvalue weighted by Gasteiger charge is -2.38. The fourth-order valence-electron chi connectivity index (χ4n) is 2.32. The van der Waals surface area contributed by atoms with E-state index in [1.165, 1.54) is 0 Å². The molecule has 0 radical (unpaired) electrons. The van der Waals surface area contributed by atoms with Crippen LogP contribution < -0.4 is 10.6 Å². The van der Waals surface area contributed by atoms with Crippen molar-refractivity contribution in [2.75, 3.05) is 45.2 Å². The molecule has 2 rings (SSSR count). The fourth-order valence-corrected chi connectivity index (χ4v) is 2.32. The molecule has 0 saturated carbocycles. The highest BCUT2D eigenvalue weighted by Crippen LogP contribution is 2.30. The van der Waals surface area contributed by atoms with Crippen molar-refractivity contribution in [1.82, 2.24) is 20.1 Å². The maximum Gasteiger partial charge on any atom is 0.244 e. The van der Waals surface area contributed by atoms with Crippen molar-refractivity contribution in [2.45, 2.75) is 26.2 Å². The summed E-state index contributed by atoms with van der Waals surface area (Å²) in [5.74, 6) is 1.81. The van der Waals surface area contributed by atoms with Crippen molar-refractivity contribution in [2.24, 2.45) is 11.1 Å². The molecule has 108 valence electrons. The molecular weight excluding hydrogens is 240 g/mol. The lowest BCUT2D eigenvalue weighted by atomic mass is 9.81. The Morgan fingerprint density at radius 3 is 2.63 bits per heavy atom. The van der Waals surface area contributed by atoms with Gasteiger partial charge in [0, 0.05) is 26.1 Å². The largest absolute Gasteiger partial charge is 0.340 e. The van der Waals surface area contributed by atoms with Gasteiger partial charge in [0.15, 0.2) is 0 Å². The van der Waals surface area contributed by atoms with Crippen LogP contribution in [0.2, 0.25) is 0 Å². The molecule has 0 atom stereocenters. The summed E-state index contributed by atoms with van der Waals surface area (Å²) in [5.41, 5.74) is 6.13. The summed E-state index contributed by atoms with van der Waals surface area (Å²) in [6, 6.07) is 0. The van der Waals surface area contributed by atoms with Crippen LogP contribution in [-0.4, -0.2) is 60.4 Å². The molecule has 3 N–H and O–H groups in total. The Kier molecular flexibility index (Phi) is 4.42. The van der Waals surface area contributed by atoms with Gasteiger partial charge in [-0.05, 0) is 38.9 Å². The first kappa shape index (κ1) is 14.3. The van der Waals surface area contributed by atoms with Gasteiger partial charge in [-0.2, -0.15) is 4.98 Å². The normalized spacial score (nSPS) is 19.1. The molecular formula is C13H26N6. The Bertz CT molecular complexity index is 392. The Hall–Kier alpha value is -1.14. The van der Waals surface area contributed by atoms with Crippen LogP contribution in [0.15, 0.2) is 0 Å². The Balaban J connectivity index is 1.89. The van der Waals surface area contributed by atoms with Crippen molar-refractivity contribution in [3.63, 3.8) is 0 Å². The first-order chi connectivity index (χ1) is 9.02. The lowest BCUT2D eigenvalue weighted by molar-refractivity contribution is 0.257. The second-order valence-electron chi connectivity index (χ2n) is 6.14. The highest BCUT2D eigenvalue weighted by Gasteiger charge is 2.29. The molecule has 0 aromatic carbocycles. The summed E-state index contributed by atoms with van der Waals surface area (Å²) in [5, 5.41) is 7.37. The van der Waals surface area contributed by atoms with E-state index in [2.05, 4.69) is 46.0 Å². The van der Waals surface area contributed by atoms with E-state index in [0.29, 0.717) is 5.41 Å². The zero-order chi connectivity index (χ0) is 13.9. The average molecular weight is 266 g/mol. The van der Waals surface area contributed by atoms with Crippen LogP contribution in [0.5, 0.6) is 0 Å². The number of nitrogens with two attached hydrogens (primary N) is 1. The van der Waals surface area contributed by atoms with Gasteiger partial charge >= 0.3 is 0 Å². The van der Waals surface area contributed by atoms with Gasteiger partial charge in [-0.3, -0.25) is 5.10 Å². The van der Waals surface area contributed by atoms with Gasteiger partial charge < -0.3 is 15.5 Å². The van der Waals surface area contributed by atoms with Crippen molar-refractivity contribution in [1.29, 1.82) is 0 Å². The van der Waals surface area contributed by atoms with Gasteiger partial charge in [0.25, 0.3) is 0 Å². The summed E-state index contributed by atoms with van der Waals surface area (Å²) in [7, 11) is 4.13. The van der Waals surface area contributed by atoms with Crippen LogP contribution in [0.4, 0.5) is 5.95 Å². The average Bonchev–Trinajstić information content (AvgIpc) is 2.86. The molecule has 1 aromatic rings. The number of likely N-dealkylation sites (N-methyl/N-ethyl adjacent to an activating group) is 1. The number of aromatic amines is 1. The molecule has 1 saturated heterocycles. The first-order valence-corrected chi connectivity index (χ1v) is 7.03. The first-order valence-electron chi connectivity index (χ1n) is 7.03. The smallest absolute Gasteiger partial charge is 0.244 e. The standard InChI is InChI=1S/C13H26N6/c1-13(10-14)5-8-19(9-6-13)12-15-11(16-17-12)4-7-18(2)3/h4-10,14H2,1-3H3,(H,15,16,17). The molecule has 0 amide bonds. The van der Waals surface area contributed by atoms with E-state index in [-0.39, 0.29) is 0 Å². The van der Waals surface area contributed by atoms with E-state index in [1.807, 2.05) is 0 Å². The monoisotopic (exact) mass is 266 g/mol. The second-order valence-corrected chi connectivity index (χ2v) is 6.14. The lowest BCUT2D eigenvalue weighted by Crippen LogP contribution is -2.42. The zero-order valence-electron chi connectivity index (χ0n) is 12.3. The predicted octanol–water partition coefficient (Wildman–Crippen LogP) is 0.474. The molecule has 19 heavy (non-hydrogen) atoms. The second kappa shape index (κ2) is 5.88. The predicted molar refractivity (Wildman–Crippen MR) is 77.2 cm³/mol. The van der Waals surface area contributed by atoms with Crippen molar-refractivity contribution < 1.29 is 0 Å². The molecule has 1 fully saturated rings. The third-order valence-electron chi connectivity index (χ3n) is 4.06. The third-order valence-corrected chi connectivity index (χ3v) is 4.06. The molecule has 6 nitrogen and oxygen atoms in total. The molecule has 2 heterocycles. The molecule has 0 unspecified atom stereocenters. The van der Waals surface area contributed by atoms with E-state index >= 15 is 0 Å². The Morgan fingerprint density at radius 1 is 1.37 bits per heavy atom. The summed E-state index contributed by atoms with van der Waals surface area (Å²) < 4.78 is 0. The van der Waals surface area contributed by atoms with Gasteiger partial charge in [0.1, 0.15) is 5.82 Å². The number of hydrogen-bond donors (Lipinski definition) is 2. The zero-order valence-corrected chi connectivity index (χ0v) is 12.3. The SMILES string of the molecule is CN(C)CCc1nc(N2CCC(C)(CN)CC2)n[nH]1. The van der Waals surface area contributed by atoms with Gasteiger partial charge in [-0.15, -0.1) is 5.10 Å². The number of H-pyrrole nitrogens is 1. The van der Waals surface area contributed by atoms with Crippen LogP contribution in [0, 0.1) is 5.41 Å². The molecule has 0 aliphatic carbocycles. The topological polar surface area (TPSA) is 74.1 Å². The van der Waals surface area contributed by atoms with Crippen molar-refractivity contribution in [3.8, 4) is 0 Å². The van der Waals surface area contributed by atoms with Gasteiger partial charge in [0.2, 0.25) is 5.95 Å². The highest BCUT2D eigenvalue weighted by molar-refractivity contribution is 5.29. The number of rotatable bonds is 5. The van der Waals surface area contributed by atoms with Gasteiger partial charge in [-0.1, -0.05) is 6.92 Å². The van der Waals surface area contributed by atoms with E-state index in [1.54, 1.807) is 0 Å². The molecule has 0 spiro atoms. The van der Waals surface area contributed by atoms with E-state index in [9.17, 15) is 0 Å². The number of nitrogens with zero attached hydrogens (tertiary/aromatic N) is 4. The van der Waals surface area contributed by atoms with Crippen LogP contribution in [0.3, 0.4) is 0 Å². The van der Waals surface area contributed by atoms with Gasteiger partial charge in [0.05, 0.1) is 0 Å². The minimum atomic E-state index is 0.292.